The molecule has 1 saturated heterocycles. The molecule has 2 rings (SSSR count). The number of nitrogens with zero attached hydrogens (tertiary/aromatic N) is 1. The lowest BCUT2D eigenvalue weighted by Crippen LogP contribution is -2.48. The number of aliphatic hydroxyl groups is 1. The van der Waals surface area contributed by atoms with Crippen LogP contribution in [0.1, 0.15) is 38.0 Å². The van der Waals surface area contributed by atoms with E-state index in [4.69, 9.17) is 0 Å². The predicted molar refractivity (Wildman–Crippen MR) is 76.9 cm³/mol. The topological polar surface area (TPSA) is 57.6 Å². The summed E-state index contributed by atoms with van der Waals surface area (Å²) in [6, 6.07) is 3.27. The Morgan fingerprint density at radius 1 is 1.47 bits per heavy atom. The fraction of sp³-hybridized carbons (Fsp3) is 0.692. The van der Waals surface area contributed by atoms with Gasteiger partial charge in [0.25, 0.3) is 10.0 Å². The minimum absolute atomic E-state index is 0.286. The molecule has 0 saturated carbocycles. The minimum atomic E-state index is -3.45. The number of aliphatic hydroxyl groups excluding tert-OH is 1. The van der Waals surface area contributed by atoms with Crippen LogP contribution in [0.3, 0.4) is 0 Å². The van der Waals surface area contributed by atoms with Crippen molar-refractivity contribution in [3.63, 3.8) is 0 Å². The van der Waals surface area contributed by atoms with Gasteiger partial charge >= 0.3 is 0 Å². The summed E-state index contributed by atoms with van der Waals surface area (Å²) < 4.78 is 27.2. The maximum Gasteiger partial charge on any atom is 0.252 e. The van der Waals surface area contributed by atoms with E-state index in [1.54, 1.807) is 13.0 Å². The summed E-state index contributed by atoms with van der Waals surface area (Å²) in [7, 11) is -3.45. The Kier molecular flexibility index (Phi) is 4.66. The average Bonchev–Trinajstić information content (AvgIpc) is 2.88. The van der Waals surface area contributed by atoms with E-state index in [0.29, 0.717) is 10.8 Å². The molecule has 0 aliphatic carbocycles. The van der Waals surface area contributed by atoms with Crippen LogP contribution in [-0.2, 0) is 16.4 Å². The number of rotatable bonds is 4. The lowest BCUT2D eigenvalue weighted by molar-refractivity contribution is 0.0832. The van der Waals surface area contributed by atoms with Crippen molar-refractivity contribution >= 4 is 21.4 Å². The number of aryl methyl sites for hydroxylation is 1. The van der Waals surface area contributed by atoms with E-state index in [2.05, 4.69) is 0 Å². The minimum Gasteiger partial charge on any atom is -0.392 e. The van der Waals surface area contributed by atoms with Gasteiger partial charge in [0.15, 0.2) is 0 Å². The third kappa shape index (κ3) is 3.02. The SMILES string of the molecule is CCc1ccc(S(=O)(=O)N2CCCC[C@H]2[C@H](C)O)s1. The summed E-state index contributed by atoms with van der Waals surface area (Å²) >= 11 is 1.34. The van der Waals surface area contributed by atoms with Gasteiger partial charge in [0.1, 0.15) is 4.21 Å². The molecule has 2 heterocycles. The predicted octanol–water partition coefficient (Wildman–Crippen LogP) is 2.23. The number of thiophene rings is 1. The molecule has 108 valence electrons. The Morgan fingerprint density at radius 2 is 2.21 bits per heavy atom. The van der Waals surface area contributed by atoms with Crippen molar-refractivity contribution in [2.45, 2.75) is 55.9 Å². The van der Waals surface area contributed by atoms with Gasteiger partial charge in [0.2, 0.25) is 0 Å². The molecule has 1 fully saturated rings. The molecule has 0 amide bonds. The lowest BCUT2D eigenvalue weighted by atomic mass is 10.0. The van der Waals surface area contributed by atoms with Crippen molar-refractivity contribution in [3.05, 3.63) is 17.0 Å². The first-order valence-corrected chi connectivity index (χ1v) is 9.01. The van der Waals surface area contributed by atoms with Crippen LogP contribution in [0.25, 0.3) is 0 Å². The second kappa shape index (κ2) is 5.91. The fourth-order valence-corrected chi connectivity index (χ4v) is 5.70. The molecule has 0 unspecified atom stereocenters. The van der Waals surface area contributed by atoms with E-state index in [-0.39, 0.29) is 6.04 Å². The lowest BCUT2D eigenvalue weighted by Gasteiger charge is -2.35. The molecule has 1 aromatic rings. The van der Waals surface area contributed by atoms with E-state index in [1.165, 1.54) is 15.6 Å². The smallest absolute Gasteiger partial charge is 0.252 e. The molecule has 0 bridgehead atoms. The van der Waals surface area contributed by atoms with Crippen LogP contribution in [0.5, 0.6) is 0 Å². The van der Waals surface area contributed by atoms with Crippen LogP contribution >= 0.6 is 11.3 Å². The van der Waals surface area contributed by atoms with E-state index in [0.717, 1.165) is 30.6 Å². The third-order valence-electron chi connectivity index (χ3n) is 3.60. The first-order chi connectivity index (χ1) is 8.96. The Balaban J connectivity index is 2.31. The van der Waals surface area contributed by atoms with E-state index < -0.39 is 16.1 Å². The van der Waals surface area contributed by atoms with Gasteiger partial charge in [-0.1, -0.05) is 13.3 Å². The van der Waals surface area contributed by atoms with Crippen molar-refractivity contribution in [2.24, 2.45) is 0 Å². The van der Waals surface area contributed by atoms with Crippen LogP contribution in [0.15, 0.2) is 16.3 Å². The monoisotopic (exact) mass is 303 g/mol. The molecule has 1 aromatic heterocycles. The van der Waals surface area contributed by atoms with Gasteiger partial charge in [-0.3, -0.25) is 0 Å². The average molecular weight is 303 g/mol. The number of hydrogen-bond donors (Lipinski definition) is 1. The zero-order valence-corrected chi connectivity index (χ0v) is 13.0. The molecule has 0 aromatic carbocycles. The quantitative estimate of drug-likeness (QED) is 0.928. The van der Waals surface area contributed by atoms with Crippen molar-refractivity contribution in [1.29, 1.82) is 0 Å². The van der Waals surface area contributed by atoms with Gasteiger partial charge in [0, 0.05) is 11.4 Å². The van der Waals surface area contributed by atoms with Crippen molar-refractivity contribution < 1.29 is 13.5 Å². The molecule has 4 nitrogen and oxygen atoms in total. The summed E-state index contributed by atoms with van der Waals surface area (Å²) in [5.74, 6) is 0. The first kappa shape index (κ1) is 15.0. The van der Waals surface area contributed by atoms with Crippen LogP contribution in [0.4, 0.5) is 0 Å². The van der Waals surface area contributed by atoms with E-state index >= 15 is 0 Å². The Morgan fingerprint density at radius 3 is 2.79 bits per heavy atom. The second-order valence-electron chi connectivity index (χ2n) is 4.99. The molecule has 19 heavy (non-hydrogen) atoms. The van der Waals surface area contributed by atoms with Gasteiger partial charge in [-0.2, -0.15) is 4.31 Å². The largest absolute Gasteiger partial charge is 0.392 e. The maximum atomic E-state index is 12.7. The Labute approximate surface area is 119 Å². The second-order valence-corrected chi connectivity index (χ2v) is 8.28. The van der Waals surface area contributed by atoms with Gasteiger partial charge in [-0.15, -0.1) is 11.3 Å². The van der Waals surface area contributed by atoms with Crippen molar-refractivity contribution in [2.75, 3.05) is 6.54 Å². The van der Waals surface area contributed by atoms with E-state index in [1.807, 2.05) is 13.0 Å². The van der Waals surface area contributed by atoms with Gasteiger partial charge in [-0.05, 0) is 38.3 Å². The summed E-state index contributed by atoms with van der Waals surface area (Å²) in [4.78, 5) is 1.07. The van der Waals surface area contributed by atoms with Crippen molar-refractivity contribution in [3.8, 4) is 0 Å². The zero-order chi connectivity index (χ0) is 14.0. The molecule has 1 aliphatic rings. The summed E-state index contributed by atoms with van der Waals surface area (Å²) in [6.45, 7) is 4.20. The Bertz CT molecular complexity index is 522. The molecular formula is C13H21NO3S2. The highest BCUT2D eigenvalue weighted by atomic mass is 32.2. The van der Waals surface area contributed by atoms with Crippen LogP contribution in [0, 0.1) is 0 Å². The summed E-state index contributed by atoms with van der Waals surface area (Å²) in [5, 5.41) is 9.81. The number of piperidine rings is 1. The normalized spacial score (nSPS) is 23.4. The molecule has 2 atom stereocenters. The Hall–Kier alpha value is -0.430. The highest BCUT2D eigenvalue weighted by molar-refractivity contribution is 7.91. The zero-order valence-electron chi connectivity index (χ0n) is 11.4. The van der Waals surface area contributed by atoms with Crippen molar-refractivity contribution in [1.82, 2.24) is 4.31 Å². The van der Waals surface area contributed by atoms with Gasteiger partial charge in [0.05, 0.1) is 12.1 Å². The third-order valence-corrected chi connectivity index (χ3v) is 7.23. The first-order valence-electron chi connectivity index (χ1n) is 6.75. The molecule has 0 spiro atoms. The summed E-state index contributed by atoms with van der Waals surface area (Å²) in [5.41, 5.74) is 0. The van der Waals surface area contributed by atoms with E-state index in [9.17, 15) is 13.5 Å². The van der Waals surface area contributed by atoms with Gasteiger partial charge in [-0.25, -0.2) is 8.42 Å². The molecule has 0 radical (unpaired) electrons. The molecular weight excluding hydrogens is 282 g/mol. The standard InChI is InChI=1S/C13H21NO3S2/c1-3-11-7-8-13(18-11)19(16,17)14-9-5-4-6-12(14)10(2)15/h7-8,10,12,15H,3-6,9H2,1-2H3/t10-,12-/m0/s1. The number of hydrogen-bond acceptors (Lipinski definition) is 4. The van der Waals surface area contributed by atoms with Crippen LogP contribution < -0.4 is 0 Å². The maximum absolute atomic E-state index is 12.7. The number of sulfonamides is 1. The van der Waals surface area contributed by atoms with Crippen LogP contribution in [0.2, 0.25) is 0 Å². The molecule has 6 heteroatoms. The highest BCUT2D eigenvalue weighted by Gasteiger charge is 2.36. The summed E-state index contributed by atoms with van der Waals surface area (Å²) in [6.07, 6.45) is 2.81. The fourth-order valence-electron chi connectivity index (χ4n) is 2.51. The highest BCUT2D eigenvalue weighted by Crippen LogP contribution is 2.30. The molecule has 1 N–H and O–H groups in total. The van der Waals surface area contributed by atoms with Crippen LogP contribution in [-0.4, -0.2) is 36.5 Å². The molecule has 1 aliphatic heterocycles. The van der Waals surface area contributed by atoms with Gasteiger partial charge < -0.3 is 5.11 Å².